The van der Waals surface area contributed by atoms with Gasteiger partial charge in [-0.3, -0.25) is 4.57 Å². The highest BCUT2D eigenvalue weighted by Gasteiger charge is 2.28. The van der Waals surface area contributed by atoms with Gasteiger partial charge in [0.1, 0.15) is 0 Å². The van der Waals surface area contributed by atoms with Crippen LogP contribution >= 0.6 is 7.37 Å². The van der Waals surface area contributed by atoms with Gasteiger partial charge in [0.05, 0.1) is 23.9 Å². The van der Waals surface area contributed by atoms with E-state index in [1.807, 2.05) is 25.1 Å². The molecule has 3 unspecified atom stereocenters. The zero-order chi connectivity index (χ0) is 18.3. The number of nitrogens with zero attached hydrogens (tertiary/aromatic N) is 1. The summed E-state index contributed by atoms with van der Waals surface area (Å²) in [4.78, 5) is 10.2. The summed E-state index contributed by atoms with van der Waals surface area (Å²) in [6.07, 6.45) is 5.02. The third-order valence-corrected chi connectivity index (χ3v) is 7.02. The molecule has 5 nitrogen and oxygen atoms in total. The minimum absolute atomic E-state index is 0.0422. The number of hydrogen-bond donors (Lipinski definition) is 3. The van der Waals surface area contributed by atoms with Crippen LogP contribution in [0.1, 0.15) is 56.2 Å². The Balaban J connectivity index is 1.79. The predicted octanol–water partition coefficient (Wildman–Crippen LogP) is 3.42. The largest absolute Gasteiger partial charge is 0.391 e. The number of nitrogens with one attached hydrogen (secondary N) is 1. The van der Waals surface area contributed by atoms with E-state index >= 15 is 0 Å². The quantitative estimate of drug-likeness (QED) is 0.615. The van der Waals surface area contributed by atoms with Crippen molar-refractivity contribution >= 4 is 7.37 Å². The molecule has 0 aromatic heterocycles. The topological polar surface area (TPSA) is 93.3 Å². The van der Waals surface area contributed by atoms with Crippen molar-refractivity contribution in [3.63, 3.8) is 0 Å². The molecular weight excluding hydrogens is 335 g/mol. The lowest BCUT2D eigenvalue weighted by Gasteiger charge is -2.25. The molecule has 25 heavy (non-hydrogen) atoms. The Morgan fingerprint density at radius 2 is 2.08 bits per heavy atom. The molecule has 1 aliphatic carbocycles. The summed E-state index contributed by atoms with van der Waals surface area (Å²) in [7, 11) is -3.29. The average Bonchev–Trinajstić information content (AvgIpc) is 2.59. The summed E-state index contributed by atoms with van der Waals surface area (Å²) < 4.78 is 12.4. The smallest absolute Gasteiger partial charge is 0.203 e. The Labute approximate surface area is 150 Å². The summed E-state index contributed by atoms with van der Waals surface area (Å²) in [5.41, 5.74) is 1.56. The number of hydrogen-bond acceptors (Lipinski definition) is 4. The fraction of sp³-hybridized carbons (Fsp3) is 0.632. The van der Waals surface area contributed by atoms with E-state index in [0.717, 1.165) is 31.2 Å². The fourth-order valence-corrected chi connectivity index (χ4v) is 5.66. The van der Waals surface area contributed by atoms with Crippen molar-refractivity contribution in [2.45, 2.75) is 51.2 Å². The van der Waals surface area contributed by atoms with E-state index in [4.69, 9.17) is 5.26 Å². The van der Waals surface area contributed by atoms with E-state index in [1.54, 1.807) is 6.07 Å². The zero-order valence-electron chi connectivity index (χ0n) is 14.9. The lowest BCUT2D eigenvalue weighted by atomic mass is 9.91. The van der Waals surface area contributed by atoms with Crippen LogP contribution in [0.15, 0.2) is 24.3 Å². The second kappa shape index (κ2) is 9.50. The van der Waals surface area contributed by atoms with Gasteiger partial charge in [0, 0.05) is 18.7 Å². The molecule has 0 aliphatic heterocycles. The highest BCUT2D eigenvalue weighted by atomic mass is 31.2. The van der Waals surface area contributed by atoms with Gasteiger partial charge in [-0.2, -0.15) is 5.26 Å². The first-order valence-corrected chi connectivity index (χ1v) is 11.1. The van der Waals surface area contributed by atoms with Crippen LogP contribution in [0, 0.1) is 17.2 Å². The molecule has 3 N–H and O–H groups in total. The molecule has 3 atom stereocenters. The molecule has 1 aliphatic rings. The van der Waals surface area contributed by atoms with Crippen LogP contribution in [-0.2, 0) is 4.57 Å². The molecule has 0 amide bonds. The molecule has 2 rings (SSSR count). The highest BCUT2D eigenvalue weighted by molar-refractivity contribution is 7.58. The van der Waals surface area contributed by atoms with E-state index in [9.17, 15) is 14.6 Å². The van der Waals surface area contributed by atoms with Crippen molar-refractivity contribution in [1.29, 1.82) is 5.26 Å². The first kappa shape index (κ1) is 20.1. The second-order valence-electron chi connectivity index (χ2n) is 7.24. The molecule has 1 aromatic carbocycles. The molecule has 1 fully saturated rings. The van der Waals surface area contributed by atoms with Gasteiger partial charge in [-0.1, -0.05) is 31.4 Å². The van der Waals surface area contributed by atoms with E-state index in [2.05, 4.69) is 11.4 Å². The summed E-state index contributed by atoms with van der Waals surface area (Å²) in [5.74, 6) is 0.331. The van der Waals surface area contributed by atoms with Crippen molar-refractivity contribution in [3.8, 4) is 6.07 Å². The lowest BCUT2D eigenvalue weighted by Crippen LogP contribution is -2.32. The fourth-order valence-electron chi connectivity index (χ4n) is 3.55. The molecule has 0 heterocycles. The maximum atomic E-state index is 12.4. The third kappa shape index (κ3) is 6.92. The van der Waals surface area contributed by atoms with Gasteiger partial charge in [-0.05, 0) is 43.4 Å². The van der Waals surface area contributed by atoms with E-state index in [-0.39, 0.29) is 18.7 Å². The van der Waals surface area contributed by atoms with Crippen LogP contribution < -0.4 is 5.32 Å². The SMILES string of the molecule is CC(NCC(O)CP(=O)(O)CC1CCCCC1)c1cccc(C#N)c1. The molecule has 138 valence electrons. The van der Waals surface area contributed by atoms with E-state index in [1.165, 1.54) is 6.42 Å². The number of nitriles is 1. The Kier molecular flexibility index (Phi) is 7.65. The number of rotatable bonds is 8. The molecule has 0 saturated heterocycles. The monoisotopic (exact) mass is 364 g/mol. The normalized spacial score (nSPS) is 20.4. The van der Waals surface area contributed by atoms with Gasteiger partial charge in [-0.25, -0.2) is 0 Å². The molecule has 1 aromatic rings. The maximum Gasteiger partial charge on any atom is 0.203 e. The highest BCUT2D eigenvalue weighted by Crippen LogP contribution is 2.45. The standard InChI is InChI=1S/C19H29N2O3P/c1-15(18-9-5-8-17(10-18)11-20)21-12-19(22)14-25(23,24)13-16-6-3-2-4-7-16/h5,8-10,15-16,19,21-22H,2-4,6-7,12-14H2,1H3,(H,23,24). The van der Waals surface area contributed by atoms with Gasteiger partial charge in [0.15, 0.2) is 0 Å². The molecule has 0 spiro atoms. The molecular formula is C19H29N2O3P. The van der Waals surface area contributed by atoms with Crippen LogP contribution in [0.5, 0.6) is 0 Å². The Morgan fingerprint density at radius 1 is 1.36 bits per heavy atom. The van der Waals surface area contributed by atoms with Crippen molar-refractivity contribution in [2.24, 2.45) is 5.92 Å². The molecule has 1 saturated carbocycles. The van der Waals surface area contributed by atoms with Crippen LogP contribution in [0.2, 0.25) is 0 Å². The second-order valence-corrected chi connectivity index (χ2v) is 9.66. The first-order valence-electron chi connectivity index (χ1n) is 9.12. The predicted molar refractivity (Wildman–Crippen MR) is 99.7 cm³/mol. The Bertz CT molecular complexity index is 638. The van der Waals surface area contributed by atoms with Crippen LogP contribution in [0.25, 0.3) is 0 Å². The number of benzene rings is 1. The molecule has 6 heteroatoms. The van der Waals surface area contributed by atoms with E-state index in [0.29, 0.717) is 17.6 Å². The molecule has 0 radical (unpaired) electrons. The number of aliphatic hydroxyl groups excluding tert-OH is 1. The third-order valence-electron chi connectivity index (χ3n) is 4.94. The zero-order valence-corrected chi connectivity index (χ0v) is 15.8. The van der Waals surface area contributed by atoms with Crippen molar-refractivity contribution < 1.29 is 14.6 Å². The Hall–Kier alpha value is -1.18. The minimum Gasteiger partial charge on any atom is -0.391 e. The van der Waals surface area contributed by atoms with Crippen molar-refractivity contribution in [1.82, 2.24) is 5.32 Å². The first-order chi connectivity index (χ1) is 11.9. The minimum atomic E-state index is -3.29. The van der Waals surface area contributed by atoms with Crippen LogP contribution in [-0.4, -0.2) is 35.0 Å². The average molecular weight is 364 g/mol. The lowest BCUT2D eigenvalue weighted by molar-refractivity contribution is 0.186. The number of aliphatic hydroxyl groups is 1. The van der Waals surface area contributed by atoms with Gasteiger partial charge in [0.25, 0.3) is 0 Å². The summed E-state index contributed by atoms with van der Waals surface area (Å²) in [6.45, 7) is 2.21. The van der Waals surface area contributed by atoms with Crippen LogP contribution in [0.3, 0.4) is 0 Å². The summed E-state index contributed by atoms with van der Waals surface area (Å²) in [6, 6.07) is 9.37. The van der Waals surface area contributed by atoms with Gasteiger partial charge < -0.3 is 15.3 Å². The summed E-state index contributed by atoms with van der Waals surface area (Å²) in [5, 5.41) is 22.3. The van der Waals surface area contributed by atoms with Crippen LogP contribution in [0.4, 0.5) is 0 Å². The van der Waals surface area contributed by atoms with Gasteiger partial charge >= 0.3 is 0 Å². The Morgan fingerprint density at radius 3 is 2.76 bits per heavy atom. The van der Waals surface area contributed by atoms with Crippen molar-refractivity contribution in [3.05, 3.63) is 35.4 Å². The molecule has 0 bridgehead atoms. The van der Waals surface area contributed by atoms with Gasteiger partial charge in [0.2, 0.25) is 7.37 Å². The summed E-state index contributed by atoms with van der Waals surface area (Å²) >= 11 is 0. The van der Waals surface area contributed by atoms with Crippen molar-refractivity contribution in [2.75, 3.05) is 18.9 Å². The van der Waals surface area contributed by atoms with E-state index < -0.39 is 13.5 Å². The maximum absolute atomic E-state index is 12.4. The van der Waals surface area contributed by atoms with Gasteiger partial charge in [-0.15, -0.1) is 0 Å².